The molecule has 114 valence electrons. The summed E-state index contributed by atoms with van der Waals surface area (Å²) in [5.74, 6) is 2.26. The Labute approximate surface area is 122 Å². The van der Waals surface area contributed by atoms with Crippen molar-refractivity contribution in [2.75, 3.05) is 26.2 Å². The Balaban J connectivity index is 1.64. The Morgan fingerprint density at radius 3 is 2.75 bits per heavy atom. The molecule has 1 unspecified atom stereocenters. The van der Waals surface area contributed by atoms with Gasteiger partial charge >= 0.3 is 0 Å². The smallest absolute Gasteiger partial charge is 0.223 e. The van der Waals surface area contributed by atoms with Crippen molar-refractivity contribution in [2.24, 2.45) is 5.92 Å². The van der Waals surface area contributed by atoms with Crippen LogP contribution in [0.4, 0.5) is 0 Å². The molecule has 0 spiro atoms. The average Bonchev–Trinajstić information content (AvgIpc) is 2.85. The zero-order valence-corrected chi connectivity index (χ0v) is 13.1. The van der Waals surface area contributed by atoms with Gasteiger partial charge in [0.25, 0.3) is 0 Å². The lowest BCUT2D eigenvalue weighted by molar-refractivity contribution is 0.163. The van der Waals surface area contributed by atoms with Crippen LogP contribution < -0.4 is 5.32 Å². The van der Waals surface area contributed by atoms with Crippen molar-refractivity contribution in [1.29, 1.82) is 0 Å². The van der Waals surface area contributed by atoms with Crippen LogP contribution in [-0.2, 0) is 6.42 Å². The molecule has 5 nitrogen and oxygen atoms in total. The first-order valence-corrected chi connectivity index (χ1v) is 7.94. The number of aromatic nitrogens is 2. The molecule has 1 atom stereocenters. The second-order valence-corrected chi connectivity index (χ2v) is 5.90. The fourth-order valence-electron chi connectivity index (χ4n) is 3.01. The highest BCUT2D eigenvalue weighted by atomic mass is 16.5. The topological polar surface area (TPSA) is 54.2 Å². The first kappa shape index (κ1) is 15.4. The van der Waals surface area contributed by atoms with E-state index in [2.05, 4.69) is 34.2 Å². The molecule has 0 bridgehead atoms. The van der Waals surface area contributed by atoms with Crippen molar-refractivity contribution < 1.29 is 4.52 Å². The molecule has 1 saturated heterocycles. The number of nitrogens with one attached hydrogen (secondary N) is 1. The highest BCUT2D eigenvalue weighted by molar-refractivity contribution is 4.86. The predicted molar refractivity (Wildman–Crippen MR) is 79.7 cm³/mol. The van der Waals surface area contributed by atoms with Crippen LogP contribution in [0, 0.1) is 12.8 Å². The summed E-state index contributed by atoms with van der Waals surface area (Å²) in [6.07, 6.45) is 4.74. The third-order valence-corrected chi connectivity index (χ3v) is 4.26. The molecule has 0 aliphatic carbocycles. The molecule has 0 amide bonds. The van der Waals surface area contributed by atoms with Crippen LogP contribution in [-0.4, -0.2) is 47.3 Å². The number of likely N-dealkylation sites (tertiary alicyclic amines) is 1. The van der Waals surface area contributed by atoms with Crippen molar-refractivity contribution >= 4 is 0 Å². The maximum Gasteiger partial charge on any atom is 0.223 e. The lowest BCUT2D eigenvalue weighted by Gasteiger charge is -2.35. The molecule has 2 heterocycles. The highest BCUT2D eigenvalue weighted by Gasteiger charge is 2.23. The van der Waals surface area contributed by atoms with Crippen molar-refractivity contribution in [3.63, 3.8) is 0 Å². The quantitative estimate of drug-likeness (QED) is 0.828. The Morgan fingerprint density at radius 1 is 1.40 bits per heavy atom. The highest BCUT2D eigenvalue weighted by Crippen LogP contribution is 2.20. The van der Waals surface area contributed by atoms with Gasteiger partial charge in [-0.05, 0) is 51.7 Å². The van der Waals surface area contributed by atoms with E-state index in [0.717, 1.165) is 24.7 Å². The van der Waals surface area contributed by atoms with E-state index in [-0.39, 0.29) is 0 Å². The van der Waals surface area contributed by atoms with Gasteiger partial charge in [-0.2, -0.15) is 4.98 Å². The molecule has 2 rings (SSSR count). The van der Waals surface area contributed by atoms with Gasteiger partial charge in [0.2, 0.25) is 5.89 Å². The van der Waals surface area contributed by atoms with Gasteiger partial charge in [-0.15, -0.1) is 0 Å². The van der Waals surface area contributed by atoms with Gasteiger partial charge in [-0.25, -0.2) is 0 Å². The third-order valence-electron chi connectivity index (χ3n) is 4.26. The number of piperidine rings is 1. The summed E-state index contributed by atoms with van der Waals surface area (Å²) in [5, 5.41) is 7.54. The minimum atomic E-state index is 0.576. The molecule has 1 aromatic rings. The van der Waals surface area contributed by atoms with Crippen molar-refractivity contribution in [3.8, 4) is 0 Å². The molecule has 0 radical (unpaired) electrons. The van der Waals surface area contributed by atoms with Gasteiger partial charge in [-0.1, -0.05) is 12.1 Å². The molecule has 1 aromatic heterocycles. The van der Waals surface area contributed by atoms with E-state index in [4.69, 9.17) is 4.52 Å². The molecule has 1 fully saturated rings. The van der Waals surface area contributed by atoms with Gasteiger partial charge in [0.05, 0.1) is 0 Å². The molecule has 0 aromatic carbocycles. The van der Waals surface area contributed by atoms with Crippen LogP contribution in [0.5, 0.6) is 0 Å². The largest absolute Gasteiger partial charge is 0.340 e. The maximum absolute atomic E-state index is 4.98. The zero-order chi connectivity index (χ0) is 14.4. The van der Waals surface area contributed by atoms with Crippen LogP contribution in [0.1, 0.15) is 44.8 Å². The molecule has 5 heteroatoms. The normalized spacial score (nSPS) is 19.4. The summed E-state index contributed by atoms with van der Waals surface area (Å²) in [7, 11) is 0. The lowest BCUT2D eigenvalue weighted by atomic mass is 9.90. The summed E-state index contributed by atoms with van der Waals surface area (Å²) < 4.78 is 4.98. The van der Waals surface area contributed by atoms with E-state index in [0.29, 0.717) is 11.9 Å². The van der Waals surface area contributed by atoms with Crippen molar-refractivity contribution in [2.45, 2.75) is 52.5 Å². The molecule has 1 N–H and O–H groups in total. The van der Waals surface area contributed by atoms with E-state index < -0.39 is 0 Å². The number of aryl methyl sites for hydroxylation is 1. The maximum atomic E-state index is 4.98. The van der Waals surface area contributed by atoms with Crippen LogP contribution >= 0.6 is 0 Å². The third kappa shape index (κ3) is 4.56. The van der Waals surface area contributed by atoms with Gasteiger partial charge in [0.15, 0.2) is 5.82 Å². The standard InChI is InChI=1S/C15H28N4O/c1-4-9-19-10-6-14(7-11-19)12(2)16-8-5-15-17-13(3)20-18-15/h12,14,16H,4-11H2,1-3H3. The van der Waals surface area contributed by atoms with Gasteiger partial charge in [0, 0.05) is 25.9 Å². The molecule has 1 aliphatic heterocycles. The van der Waals surface area contributed by atoms with E-state index in [9.17, 15) is 0 Å². The van der Waals surface area contributed by atoms with E-state index in [1.165, 1.54) is 38.9 Å². The van der Waals surface area contributed by atoms with Crippen LogP contribution in [0.3, 0.4) is 0 Å². The van der Waals surface area contributed by atoms with Gasteiger partial charge in [-0.3, -0.25) is 0 Å². The summed E-state index contributed by atoms with van der Waals surface area (Å²) in [6.45, 7) is 11.1. The molecular weight excluding hydrogens is 252 g/mol. The van der Waals surface area contributed by atoms with Crippen LogP contribution in [0.15, 0.2) is 4.52 Å². The van der Waals surface area contributed by atoms with Crippen LogP contribution in [0.25, 0.3) is 0 Å². The Hall–Kier alpha value is -0.940. The van der Waals surface area contributed by atoms with E-state index >= 15 is 0 Å². The second-order valence-electron chi connectivity index (χ2n) is 5.90. The molecule has 1 aliphatic rings. The fourth-order valence-corrected chi connectivity index (χ4v) is 3.01. The first-order valence-electron chi connectivity index (χ1n) is 7.94. The molecule has 20 heavy (non-hydrogen) atoms. The SMILES string of the molecule is CCCN1CCC(C(C)NCCc2noc(C)n2)CC1. The lowest BCUT2D eigenvalue weighted by Crippen LogP contribution is -2.42. The number of hydrogen-bond acceptors (Lipinski definition) is 5. The second kappa shape index (κ2) is 7.74. The van der Waals surface area contributed by atoms with Crippen molar-refractivity contribution in [1.82, 2.24) is 20.4 Å². The Morgan fingerprint density at radius 2 is 2.15 bits per heavy atom. The molecular formula is C15H28N4O. The van der Waals surface area contributed by atoms with Crippen LogP contribution in [0.2, 0.25) is 0 Å². The molecule has 0 saturated carbocycles. The average molecular weight is 280 g/mol. The van der Waals surface area contributed by atoms with Crippen molar-refractivity contribution in [3.05, 3.63) is 11.7 Å². The van der Waals surface area contributed by atoms with Gasteiger partial charge < -0.3 is 14.7 Å². The summed E-state index contributed by atoms with van der Waals surface area (Å²) in [4.78, 5) is 6.81. The summed E-state index contributed by atoms with van der Waals surface area (Å²) in [6, 6.07) is 0.576. The Kier molecular flexibility index (Phi) is 5.98. The van der Waals surface area contributed by atoms with E-state index in [1.807, 2.05) is 6.92 Å². The summed E-state index contributed by atoms with van der Waals surface area (Å²) >= 11 is 0. The fraction of sp³-hybridized carbons (Fsp3) is 0.867. The zero-order valence-electron chi connectivity index (χ0n) is 13.1. The van der Waals surface area contributed by atoms with E-state index in [1.54, 1.807) is 0 Å². The number of nitrogens with zero attached hydrogens (tertiary/aromatic N) is 3. The number of hydrogen-bond donors (Lipinski definition) is 1. The summed E-state index contributed by atoms with van der Waals surface area (Å²) in [5.41, 5.74) is 0. The Bertz CT molecular complexity index is 385. The number of rotatable bonds is 7. The van der Waals surface area contributed by atoms with Gasteiger partial charge in [0.1, 0.15) is 0 Å². The minimum absolute atomic E-state index is 0.576. The predicted octanol–water partition coefficient (Wildman–Crippen LogP) is 2.02. The minimum Gasteiger partial charge on any atom is -0.340 e. The monoisotopic (exact) mass is 280 g/mol. The first-order chi connectivity index (χ1) is 9.69.